The number of hydrogen-bond donors (Lipinski definition) is 0. The minimum atomic E-state index is -4.89. The summed E-state index contributed by atoms with van der Waals surface area (Å²) in [4.78, 5) is 33.5. The van der Waals surface area contributed by atoms with E-state index in [1.807, 2.05) is 0 Å². The highest BCUT2D eigenvalue weighted by molar-refractivity contribution is 6.32. The molecule has 1 fully saturated rings. The lowest BCUT2D eigenvalue weighted by molar-refractivity contribution is -0.140. The Bertz CT molecular complexity index is 1760. The molecule has 0 spiro atoms. The summed E-state index contributed by atoms with van der Waals surface area (Å²) in [5, 5.41) is 4.39. The van der Waals surface area contributed by atoms with Gasteiger partial charge in [0, 0.05) is 37.0 Å². The van der Waals surface area contributed by atoms with Crippen molar-refractivity contribution in [1.82, 2.24) is 19.7 Å². The number of halogens is 6. The lowest BCUT2D eigenvalue weighted by atomic mass is 10.0. The minimum Gasteiger partial charge on any atom is -0.337 e. The van der Waals surface area contributed by atoms with Crippen LogP contribution >= 0.6 is 11.6 Å². The van der Waals surface area contributed by atoms with Gasteiger partial charge in [-0.1, -0.05) is 23.7 Å². The number of nitrogens with zero attached hydrogens (tertiary/aromatic N) is 5. The summed E-state index contributed by atoms with van der Waals surface area (Å²) in [6.45, 7) is 2.14. The van der Waals surface area contributed by atoms with Crippen molar-refractivity contribution >= 4 is 29.1 Å². The minimum absolute atomic E-state index is 0.0436. The Morgan fingerprint density at radius 2 is 1.79 bits per heavy atom. The summed E-state index contributed by atoms with van der Waals surface area (Å²) in [5.74, 6) is -2.58. The van der Waals surface area contributed by atoms with E-state index in [0.29, 0.717) is 47.4 Å². The Hall–Kier alpha value is -4.32. The van der Waals surface area contributed by atoms with Crippen molar-refractivity contribution in [2.75, 3.05) is 18.0 Å². The molecule has 2 aliphatic heterocycles. The molecule has 2 aromatic heterocycles. The number of alkyl halides is 3. The molecule has 0 N–H and O–H groups in total. The predicted molar refractivity (Wildman–Crippen MR) is 148 cm³/mol. The first-order valence-electron chi connectivity index (χ1n) is 13.4. The molecule has 0 aliphatic carbocycles. The molecular weight excluding hydrogens is 593 g/mol. The number of benzene rings is 2. The van der Waals surface area contributed by atoms with Gasteiger partial charge in [0.2, 0.25) is 5.91 Å². The van der Waals surface area contributed by atoms with Gasteiger partial charge in [0.05, 0.1) is 29.1 Å². The molecule has 1 saturated heterocycles. The summed E-state index contributed by atoms with van der Waals surface area (Å²) < 4.78 is 70.2. The Kier molecular flexibility index (Phi) is 7.19. The first-order valence-corrected chi connectivity index (χ1v) is 13.8. The van der Waals surface area contributed by atoms with Gasteiger partial charge in [-0.15, -0.1) is 0 Å². The molecule has 0 unspecified atom stereocenters. The second-order valence-corrected chi connectivity index (χ2v) is 10.9. The van der Waals surface area contributed by atoms with Gasteiger partial charge < -0.3 is 9.80 Å². The van der Waals surface area contributed by atoms with Gasteiger partial charge in [0.15, 0.2) is 5.69 Å². The summed E-state index contributed by atoms with van der Waals surface area (Å²) in [6.07, 6.45) is -2.53. The molecule has 0 bridgehead atoms. The fourth-order valence-electron chi connectivity index (χ4n) is 5.67. The third-order valence-corrected chi connectivity index (χ3v) is 8.13. The van der Waals surface area contributed by atoms with Gasteiger partial charge in [-0.25, -0.2) is 18.4 Å². The van der Waals surface area contributed by atoms with Crippen molar-refractivity contribution < 1.29 is 31.5 Å². The largest absolute Gasteiger partial charge is 0.419 e. The van der Waals surface area contributed by atoms with Gasteiger partial charge in [-0.3, -0.25) is 9.59 Å². The van der Waals surface area contributed by atoms with E-state index in [2.05, 4.69) is 10.1 Å². The molecule has 13 heteroatoms. The molecule has 7 nitrogen and oxygen atoms in total. The molecule has 43 heavy (non-hydrogen) atoms. The SMILES string of the molecule is Cc1ccc2c(c1F)N(C1CCN(C(=O)c3cc(-c4cccnc4Cl)n(-c4ccc(C(F)(F)F)c(F)c4)n3)CC1)C(=O)C2. The highest BCUT2D eigenvalue weighted by atomic mass is 35.5. The molecule has 222 valence electrons. The number of aromatic nitrogens is 3. The van der Waals surface area contributed by atoms with E-state index < -0.39 is 29.3 Å². The molecule has 4 heterocycles. The van der Waals surface area contributed by atoms with E-state index in [1.165, 1.54) is 17.2 Å². The van der Waals surface area contributed by atoms with Crippen LogP contribution in [-0.2, 0) is 17.4 Å². The van der Waals surface area contributed by atoms with Crippen molar-refractivity contribution in [2.24, 2.45) is 0 Å². The number of rotatable bonds is 4. The monoisotopic (exact) mass is 615 g/mol. The summed E-state index contributed by atoms with van der Waals surface area (Å²) in [6, 6.07) is 10.1. The summed E-state index contributed by atoms with van der Waals surface area (Å²) in [7, 11) is 0. The van der Waals surface area contributed by atoms with Crippen molar-refractivity contribution in [3.63, 3.8) is 0 Å². The second-order valence-electron chi connectivity index (χ2n) is 10.5. The van der Waals surface area contributed by atoms with E-state index in [9.17, 15) is 31.5 Å². The Balaban J connectivity index is 1.28. The van der Waals surface area contributed by atoms with Gasteiger partial charge in [0.1, 0.15) is 16.8 Å². The van der Waals surface area contributed by atoms with Crippen molar-refractivity contribution in [1.29, 1.82) is 0 Å². The van der Waals surface area contributed by atoms with Crippen LogP contribution in [0.2, 0.25) is 5.15 Å². The third kappa shape index (κ3) is 5.13. The molecule has 2 aromatic carbocycles. The number of amides is 2. The molecule has 0 atom stereocenters. The molecule has 0 saturated carbocycles. The van der Waals surface area contributed by atoms with Gasteiger partial charge >= 0.3 is 6.18 Å². The van der Waals surface area contributed by atoms with Crippen LogP contribution in [0.25, 0.3) is 16.9 Å². The van der Waals surface area contributed by atoms with E-state index >= 15 is 0 Å². The lowest BCUT2D eigenvalue weighted by Gasteiger charge is -2.37. The number of carbonyl (C=O) groups excluding carboxylic acids is 2. The number of pyridine rings is 1. The van der Waals surface area contributed by atoms with Crippen molar-refractivity contribution in [2.45, 2.75) is 38.4 Å². The fraction of sp³-hybridized carbons (Fsp3) is 0.267. The molecule has 2 amide bonds. The quantitative estimate of drug-likeness (QED) is 0.197. The molecular formula is C30H23ClF5N5O2. The molecule has 6 rings (SSSR count). The lowest BCUT2D eigenvalue weighted by Crippen LogP contribution is -2.48. The van der Waals surface area contributed by atoms with Crippen molar-refractivity contribution in [3.8, 4) is 16.9 Å². The molecule has 2 aliphatic rings. The fourth-order valence-corrected chi connectivity index (χ4v) is 5.89. The Labute approximate surface area is 247 Å². The standard InChI is InChI=1S/C30H23ClF5N5O2/c1-16-4-5-17-13-25(42)40(27(17)26(16)33)18-8-11-39(12-9-18)29(43)23-15-24(20-3-2-10-37-28(20)31)41(38-23)19-6-7-21(22(32)14-19)30(34,35)36/h2-7,10,14-15,18H,8-9,11-13H2,1H3. The van der Waals surface area contributed by atoms with Gasteiger partial charge in [-0.2, -0.15) is 18.3 Å². The first-order chi connectivity index (χ1) is 20.4. The van der Waals surface area contributed by atoms with Crippen LogP contribution in [0.15, 0.2) is 54.7 Å². The van der Waals surface area contributed by atoms with Crippen LogP contribution in [0.4, 0.5) is 27.6 Å². The van der Waals surface area contributed by atoms with Crippen LogP contribution in [0.5, 0.6) is 0 Å². The third-order valence-electron chi connectivity index (χ3n) is 7.83. The second kappa shape index (κ2) is 10.7. The van der Waals surface area contributed by atoms with Crippen LogP contribution in [0.1, 0.15) is 40.0 Å². The van der Waals surface area contributed by atoms with E-state index in [0.717, 1.165) is 10.7 Å². The van der Waals surface area contributed by atoms with E-state index in [1.54, 1.807) is 36.1 Å². The summed E-state index contributed by atoms with van der Waals surface area (Å²) in [5.41, 5.74) is 0.407. The van der Waals surface area contributed by atoms with E-state index in [-0.39, 0.29) is 53.7 Å². The average molecular weight is 616 g/mol. The topological polar surface area (TPSA) is 71.3 Å². The number of likely N-dealkylation sites (tertiary alicyclic amines) is 1. The van der Waals surface area contributed by atoms with Gasteiger partial charge in [0.25, 0.3) is 5.91 Å². The molecule has 0 radical (unpaired) electrons. The molecule has 4 aromatic rings. The van der Waals surface area contributed by atoms with Gasteiger partial charge in [-0.05, 0) is 61.2 Å². The maximum absolute atomic E-state index is 15.0. The number of anilines is 1. The highest BCUT2D eigenvalue weighted by Crippen LogP contribution is 2.38. The number of fused-ring (bicyclic) bond motifs is 1. The Morgan fingerprint density at radius 1 is 1.05 bits per heavy atom. The van der Waals surface area contributed by atoms with Crippen LogP contribution < -0.4 is 4.90 Å². The maximum atomic E-state index is 15.0. The zero-order valence-electron chi connectivity index (χ0n) is 22.6. The zero-order chi connectivity index (χ0) is 30.6. The number of aryl methyl sites for hydroxylation is 1. The number of hydrogen-bond acceptors (Lipinski definition) is 4. The number of carbonyl (C=O) groups is 2. The predicted octanol–water partition coefficient (Wildman–Crippen LogP) is 6.39. The van der Waals surface area contributed by atoms with Crippen LogP contribution in [-0.4, -0.2) is 50.6 Å². The number of piperidine rings is 1. The smallest absolute Gasteiger partial charge is 0.337 e. The van der Waals surface area contributed by atoms with Crippen LogP contribution in [0, 0.1) is 18.6 Å². The first kappa shape index (κ1) is 28.8. The average Bonchev–Trinajstić information content (AvgIpc) is 3.56. The van der Waals surface area contributed by atoms with Crippen molar-refractivity contribution in [3.05, 3.63) is 93.9 Å². The van der Waals surface area contributed by atoms with E-state index in [4.69, 9.17) is 11.6 Å². The normalized spacial score (nSPS) is 15.7. The summed E-state index contributed by atoms with van der Waals surface area (Å²) >= 11 is 6.29. The van der Waals surface area contributed by atoms with Crippen LogP contribution in [0.3, 0.4) is 0 Å². The Morgan fingerprint density at radius 3 is 2.47 bits per heavy atom. The maximum Gasteiger partial charge on any atom is 0.419 e. The zero-order valence-corrected chi connectivity index (χ0v) is 23.4. The highest BCUT2D eigenvalue weighted by Gasteiger charge is 2.38.